The van der Waals surface area contributed by atoms with Crippen LogP contribution in [0.2, 0.25) is 5.02 Å². The molecule has 2 heterocycles. The quantitative estimate of drug-likeness (QED) is 0.910. The number of nitrogens with one attached hydrogen (secondary N) is 1. The highest BCUT2D eigenvalue weighted by molar-refractivity contribution is 6.33. The maximum absolute atomic E-state index is 12.1. The van der Waals surface area contributed by atoms with E-state index >= 15 is 0 Å². The average Bonchev–Trinajstić information content (AvgIpc) is 2.40. The molecule has 0 spiro atoms. The monoisotopic (exact) mass is 284 g/mol. The Balaban J connectivity index is 2.22. The first kappa shape index (κ1) is 14.3. The van der Waals surface area contributed by atoms with Crippen LogP contribution in [0.15, 0.2) is 11.0 Å². The van der Waals surface area contributed by atoms with Gasteiger partial charge in [0.2, 0.25) is 0 Å². The van der Waals surface area contributed by atoms with Crippen molar-refractivity contribution in [3.63, 3.8) is 0 Å². The van der Waals surface area contributed by atoms with Crippen LogP contribution >= 0.6 is 11.6 Å². The summed E-state index contributed by atoms with van der Waals surface area (Å²) >= 11 is 6.22. The largest absolute Gasteiger partial charge is 0.366 e. The van der Waals surface area contributed by atoms with E-state index in [9.17, 15) is 4.79 Å². The summed E-state index contributed by atoms with van der Waals surface area (Å²) in [7, 11) is 0. The van der Waals surface area contributed by atoms with E-state index in [0.717, 1.165) is 38.2 Å². The molecule has 1 atom stereocenters. The number of hydrogen-bond acceptors (Lipinski definition) is 4. The van der Waals surface area contributed by atoms with Gasteiger partial charge in [0.05, 0.1) is 11.9 Å². The van der Waals surface area contributed by atoms with Crippen LogP contribution in [-0.4, -0.2) is 35.5 Å². The molecule has 106 valence electrons. The molecule has 1 saturated heterocycles. The minimum atomic E-state index is -0.182. The first-order valence-electron chi connectivity index (χ1n) is 6.87. The lowest BCUT2D eigenvalue weighted by Crippen LogP contribution is -2.49. The van der Waals surface area contributed by atoms with Gasteiger partial charge in [0.25, 0.3) is 5.56 Å². The molecule has 1 aliphatic heterocycles. The van der Waals surface area contributed by atoms with Crippen molar-refractivity contribution in [2.45, 2.75) is 39.3 Å². The number of unbranched alkanes of at least 4 members (excludes halogenated alkanes) is 1. The Morgan fingerprint density at radius 2 is 2.37 bits per heavy atom. The zero-order chi connectivity index (χ0) is 13.8. The third kappa shape index (κ3) is 3.28. The van der Waals surface area contributed by atoms with Crippen LogP contribution in [0.3, 0.4) is 0 Å². The van der Waals surface area contributed by atoms with Gasteiger partial charge >= 0.3 is 0 Å². The molecule has 1 aliphatic rings. The van der Waals surface area contributed by atoms with Crippen molar-refractivity contribution in [2.24, 2.45) is 0 Å². The van der Waals surface area contributed by atoms with Crippen molar-refractivity contribution in [2.75, 3.05) is 24.5 Å². The number of aryl methyl sites for hydroxylation is 1. The summed E-state index contributed by atoms with van der Waals surface area (Å²) in [6, 6.07) is 0.396. The predicted octanol–water partition coefficient (Wildman–Crippen LogP) is 1.49. The van der Waals surface area contributed by atoms with Crippen molar-refractivity contribution in [3.05, 3.63) is 21.6 Å². The molecule has 2 rings (SSSR count). The SMILES string of the molecule is CCCCn1ncc(N2CCN[C@@H](C)C2)c(Cl)c1=O. The molecule has 1 aromatic rings. The van der Waals surface area contributed by atoms with E-state index in [4.69, 9.17) is 11.6 Å². The Labute approximate surface area is 118 Å². The van der Waals surface area contributed by atoms with E-state index in [1.807, 2.05) is 0 Å². The molecular weight excluding hydrogens is 264 g/mol. The van der Waals surface area contributed by atoms with Crippen molar-refractivity contribution in [3.8, 4) is 0 Å². The number of anilines is 1. The lowest BCUT2D eigenvalue weighted by Gasteiger charge is -2.33. The van der Waals surface area contributed by atoms with Crippen LogP contribution < -0.4 is 15.8 Å². The van der Waals surface area contributed by atoms with E-state index in [0.29, 0.717) is 17.6 Å². The Bertz CT molecular complexity index is 488. The standard InChI is InChI=1S/C13H21ClN4O/c1-3-4-6-18-13(19)12(14)11(8-16-18)17-7-5-15-10(2)9-17/h8,10,15H,3-7,9H2,1-2H3/t10-/m0/s1. The third-order valence-electron chi connectivity index (χ3n) is 3.40. The molecule has 0 saturated carbocycles. The van der Waals surface area contributed by atoms with Crippen molar-refractivity contribution in [1.82, 2.24) is 15.1 Å². The van der Waals surface area contributed by atoms with Gasteiger partial charge in [-0.15, -0.1) is 0 Å². The van der Waals surface area contributed by atoms with E-state index in [1.165, 1.54) is 4.68 Å². The van der Waals surface area contributed by atoms with Crippen molar-refractivity contribution >= 4 is 17.3 Å². The second-order valence-corrected chi connectivity index (χ2v) is 5.40. The molecule has 0 radical (unpaired) electrons. The van der Waals surface area contributed by atoms with Gasteiger partial charge in [-0.1, -0.05) is 24.9 Å². The van der Waals surface area contributed by atoms with Crippen molar-refractivity contribution in [1.29, 1.82) is 0 Å². The molecule has 0 aliphatic carbocycles. The zero-order valence-corrected chi connectivity index (χ0v) is 12.3. The highest BCUT2D eigenvalue weighted by Crippen LogP contribution is 2.22. The molecular formula is C13H21ClN4O. The zero-order valence-electron chi connectivity index (χ0n) is 11.5. The fourth-order valence-corrected chi connectivity index (χ4v) is 2.56. The van der Waals surface area contributed by atoms with Crippen LogP contribution in [0.5, 0.6) is 0 Å². The summed E-state index contributed by atoms with van der Waals surface area (Å²) in [5.74, 6) is 0. The van der Waals surface area contributed by atoms with Gasteiger partial charge in [-0.25, -0.2) is 4.68 Å². The number of halogens is 1. The predicted molar refractivity (Wildman–Crippen MR) is 78.1 cm³/mol. The van der Waals surface area contributed by atoms with Gasteiger partial charge in [0.1, 0.15) is 5.02 Å². The van der Waals surface area contributed by atoms with Gasteiger partial charge in [-0.3, -0.25) is 4.79 Å². The third-order valence-corrected chi connectivity index (χ3v) is 3.75. The maximum Gasteiger partial charge on any atom is 0.287 e. The molecule has 5 nitrogen and oxygen atoms in total. The van der Waals surface area contributed by atoms with E-state index in [1.54, 1.807) is 6.20 Å². The Morgan fingerprint density at radius 3 is 3.05 bits per heavy atom. The van der Waals surface area contributed by atoms with Gasteiger partial charge in [-0.2, -0.15) is 5.10 Å². The lowest BCUT2D eigenvalue weighted by atomic mass is 10.2. The minimum absolute atomic E-state index is 0.182. The summed E-state index contributed by atoms with van der Waals surface area (Å²) in [4.78, 5) is 14.3. The van der Waals surface area contributed by atoms with Crippen LogP contribution in [0.4, 0.5) is 5.69 Å². The second kappa shape index (κ2) is 6.39. The number of hydrogen-bond donors (Lipinski definition) is 1. The van der Waals surface area contributed by atoms with Crippen LogP contribution in [0.25, 0.3) is 0 Å². The van der Waals surface area contributed by atoms with Gasteiger partial charge in [0.15, 0.2) is 0 Å². The van der Waals surface area contributed by atoms with Gasteiger partial charge in [-0.05, 0) is 13.3 Å². The molecule has 0 bridgehead atoms. The fraction of sp³-hybridized carbons (Fsp3) is 0.692. The normalized spacial score (nSPS) is 19.7. The topological polar surface area (TPSA) is 50.2 Å². The van der Waals surface area contributed by atoms with Crippen molar-refractivity contribution < 1.29 is 0 Å². The van der Waals surface area contributed by atoms with E-state index < -0.39 is 0 Å². The number of rotatable bonds is 4. The highest BCUT2D eigenvalue weighted by Gasteiger charge is 2.20. The van der Waals surface area contributed by atoms with Crippen LogP contribution in [0.1, 0.15) is 26.7 Å². The van der Waals surface area contributed by atoms with Crippen LogP contribution in [-0.2, 0) is 6.54 Å². The Morgan fingerprint density at radius 1 is 1.58 bits per heavy atom. The smallest absolute Gasteiger partial charge is 0.287 e. The molecule has 1 aromatic heterocycles. The van der Waals surface area contributed by atoms with Gasteiger partial charge in [0, 0.05) is 32.2 Å². The number of nitrogens with zero attached hydrogens (tertiary/aromatic N) is 3. The lowest BCUT2D eigenvalue weighted by molar-refractivity contribution is 0.482. The van der Waals surface area contributed by atoms with E-state index in [-0.39, 0.29) is 5.56 Å². The minimum Gasteiger partial charge on any atom is -0.366 e. The first-order chi connectivity index (χ1) is 9.13. The molecule has 0 amide bonds. The molecule has 0 aromatic carbocycles. The molecule has 19 heavy (non-hydrogen) atoms. The molecule has 1 N–H and O–H groups in total. The Hall–Kier alpha value is -1.07. The Kier molecular flexibility index (Phi) is 4.82. The first-order valence-corrected chi connectivity index (χ1v) is 7.25. The summed E-state index contributed by atoms with van der Waals surface area (Å²) in [5.41, 5.74) is 0.576. The molecule has 0 unspecified atom stereocenters. The summed E-state index contributed by atoms with van der Waals surface area (Å²) in [5, 5.41) is 7.89. The van der Waals surface area contributed by atoms with Gasteiger partial charge < -0.3 is 10.2 Å². The fourth-order valence-electron chi connectivity index (χ4n) is 2.30. The summed E-state index contributed by atoms with van der Waals surface area (Å²) in [6.45, 7) is 7.44. The summed E-state index contributed by atoms with van der Waals surface area (Å²) < 4.78 is 1.46. The summed E-state index contributed by atoms with van der Waals surface area (Å²) in [6.07, 6.45) is 3.69. The average molecular weight is 285 g/mol. The second-order valence-electron chi connectivity index (χ2n) is 5.03. The van der Waals surface area contributed by atoms with Crippen LogP contribution in [0, 0.1) is 0 Å². The molecule has 6 heteroatoms. The number of aromatic nitrogens is 2. The molecule has 1 fully saturated rings. The maximum atomic E-state index is 12.1. The number of piperazine rings is 1. The van der Waals surface area contributed by atoms with E-state index in [2.05, 4.69) is 29.2 Å². The highest BCUT2D eigenvalue weighted by atomic mass is 35.5.